The van der Waals surface area contributed by atoms with Gasteiger partial charge in [0, 0.05) is 36.2 Å². The van der Waals surface area contributed by atoms with Crippen LogP contribution in [0.25, 0.3) is 0 Å². The lowest BCUT2D eigenvalue weighted by Crippen LogP contribution is -2.42. The number of hydrogen-bond donors (Lipinski definition) is 1. The van der Waals surface area contributed by atoms with Crippen molar-refractivity contribution < 1.29 is 0 Å². The van der Waals surface area contributed by atoms with Gasteiger partial charge in [-0.3, -0.25) is 4.90 Å². The average molecular weight is 253 g/mol. The van der Waals surface area contributed by atoms with Gasteiger partial charge in [-0.25, -0.2) is 4.98 Å². The zero-order valence-corrected chi connectivity index (χ0v) is 11.9. The lowest BCUT2D eigenvalue weighted by molar-refractivity contribution is 0.0964. The molecule has 1 aromatic heterocycles. The first-order chi connectivity index (χ1) is 8.20. The summed E-state index contributed by atoms with van der Waals surface area (Å²) in [5.41, 5.74) is 0. The number of nitrogens with zero attached hydrogens (tertiary/aromatic N) is 2. The van der Waals surface area contributed by atoms with Gasteiger partial charge in [0.25, 0.3) is 0 Å². The number of thiazole rings is 1. The van der Waals surface area contributed by atoms with Gasteiger partial charge in [0.05, 0.1) is 0 Å². The van der Waals surface area contributed by atoms with Gasteiger partial charge in [0.2, 0.25) is 0 Å². The van der Waals surface area contributed by atoms with Crippen LogP contribution in [0.4, 0.5) is 5.13 Å². The second-order valence-corrected chi connectivity index (χ2v) is 6.08. The number of nitrogens with one attached hydrogen (secondary N) is 1. The summed E-state index contributed by atoms with van der Waals surface area (Å²) in [6.45, 7) is 8.81. The first-order valence-corrected chi connectivity index (χ1v) is 7.46. The SMILES string of the molecule is CCNc1ncc(CN2C(C)CCCC2C)s1. The normalized spacial score (nSPS) is 26.1. The molecule has 0 bridgehead atoms. The summed E-state index contributed by atoms with van der Waals surface area (Å²) in [5.74, 6) is 0. The molecule has 0 aliphatic carbocycles. The summed E-state index contributed by atoms with van der Waals surface area (Å²) in [6.07, 6.45) is 6.08. The maximum Gasteiger partial charge on any atom is 0.182 e. The van der Waals surface area contributed by atoms with Crippen molar-refractivity contribution in [3.05, 3.63) is 11.1 Å². The summed E-state index contributed by atoms with van der Waals surface area (Å²) in [4.78, 5) is 8.40. The zero-order chi connectivity index (χ0) is 12.3. The van der Waals surface area contributed by atoms with Crippen molar-refractivity contribution >= 4 is 16.5 Å². The Bertz CT molecular complexity index is 340. The third kappa shape index (κ3) is 3.19. The standard InChI is InChI=1S/C13H23N3S/c1-4-14-13-15-8-12(17-13)9-16-10(2)6-5-7-11(16)3/h8,10-11H,4-7,9H2,1-3H3,(H,14,15). The van der Waals surface area contributed by atoms with Gasteiger partial charge >= 0.3 is 0 Å². The fraction of sp³-hybridized carbons (Fsp3) is 0.769. The van der Waals surface area contributed by atoms with E-state index in [2.05, 4.69) is 36.0 Å². The van der Waals surface area contributed by atoms with Crippen molar-refractivity contribution in [2.75, 3.05) is 11.9 Å². The quantitative estimate of drug-likeness (QED) is 0.892. The molecule has 0 radical (unpaired) electrons. The lowest BCUT2D eigenvalue weighted by Gasteiger charge is -2.38. The Morgan fingerprint density at radius 3 is 2.76 bits per heavy atom. The van der Waals surface area contributed by atoms with Crippen LogP contribution in [0.1, 0.15) is 44.9 Å². The molecular weight excluding hydrogens is 230 g/mol. The highest BCUT2D eigenvalue weighted by Gasteiger charge is 2.24. The number of rotatable bonds is 4. The van der Waals surface area contributed by atoms with E-state index in [0.717, 1.165) is 18.2 Å². The van der Waals surface area contributed by atoms with Crippen molar-refractivity contribution in [3.63, 3.8) is 0 Å². The minimum atomic E-state index is 0.712. The van der Waals surface area contributed by atoms with E-state index in [1.807, 2.05) is 6.20 Å². The molecule has 2 atom stereocenters. The topological polar surface area (TPSA) is 28.2 Å². The molecule has 96 valence electrons. The number of likely N-dealkylation sites (tertiary alicyclic amines) is 1. The molecule has 2 heterocycles. The molecule has 0 aromatic carbocycles. The molecule has 3 nitrogen and oxygen atoms in total. The van der Waals surface area contributed by atoms with Crippen LogP contribution < -0.4 is 5.32 Å². The van der Waals surface area contributed by atoms with Crippen molar-refractivity contribution in [3.8, 4) is 0 Å². The Balaban J connectivity index is 1.98. The maximum atomic E-state index is 4.40. The molecule has 4 heteroatoms. The molecule has 0 spiro atoms. The smallest absolute Gasteiger partial charge is 0.182 e. The molecule has 0 saturated carbocycles. The Morgan fingerprint density at radius 1 is 1.41 bits per heavy atom. The van der Waals surface area contributed by atoms with Crippen LogP contribution in [0.2, 0.25) is 0 Å². The molecule has 2 unspecified atom stereocenters. The maximum absolute atomic E-state index is 4.40. The van der Waals surface area contributed by atoms with Crippen molar-refractivity contribution in [1.82, 2.24) is 9.88 Å². The Hall–Kier alpha value is -0.610. The third-order valence-corrected chi connectivity index (χ3v) is 4.54. The van der Waals surface area contributed by atoms with Crippen LogP contribution >= 0.6 is 11.3 Å². The van der Waals surface area contributed by atoms with E-state index in [-0.39, 0.29) is 0 Å². The second-order valence-electron chi connectivity index (χ2n) is 4.96. The van der Waals surface area contributed by atoms with Crippen LogP contribution in [-0.2, 0) is 6.54 Å². The highest BCUT2D eigenvalue weighted by Crippen LogP contribution is 2.27. The summed E-state index contributed by atoms with van der Waals surface area (Å²) in [6, 6.07) is 1.42. The van der Waals surface area contributed by atoms with Crippen LogP contribution in [0.3, 0.4) is 0 Å². The molecular formula is C13H23N3S. The summed E-state index contributed by atoms with van der Waals surface area (Å²) < 4.78 is 0. The fourth-order valence-corrected chi connectivity index (χ4v) is 3.47. The molecule has 17 heavy (non-hydrogen) atoms. The third-order valence-electron chi connectivity index (χ3n) is 3.60. The highest BCUT2D eigenvalue weighted by molar-refractivity contribution is 7.15. The molecule has 1 aromatic rings. The minimum absolute atomic E-state index is 0.712. The van der Waals surface area contributed by atoms with Crippen LogP contribution in [0, 0.1) is 0 Å². The predicted octanol–water partition coefficient (Wildman–Crippen LogP) is 3.34. The fourth-order valence-electron chi connectivity index (χ4n) is 2.58. The molecule has 1 aliphatic heterocycles. The predicted molar refractivity (Wildman–Crippen MR) is 74.6 cm³/mol. The molecule has 1 fully saturated rings. The molecule has 1 aliphatic rings. The van der Waals surface area contributed by atoms with E-state index in [4.69, 9.17) is 0 Å². The molecule has 1 N–H and O–H groups in total. The monoisotopic (exact) mass is 253 g/mol. The number of hydrogen-bond acceptors (Lipinski definition) is 4. The van der Waals surface area contributed by atoms with Crippen molar-refractivity contribution in [2.24, 2.45) is 0 Å². The van der Waals surface area contributed by atoms with Gasteiger partial charge in [0.15, 0.2) is 5.13 Å². The zero-order valence-electron chi connectivity index (χ0n) is 11.1. The van der Waals surface area contributed by atoms with E-state index in [9.17, 15) is 0 Å². The summed E-state index contributed by atoms with van der Waals surface area (Å²) in [5, 5.41) is 4.33. The first-order valence-electron chi connectivity index (χ1n) is 6.65. The van der Waals surface area contributed by atoms with Gasteiger partial charge in [0.1, 0.15) is 0 Å². The first kappa shape index (κ1) is 12.8. The number of piperidine rings is 1. The number of aromatic nitrogens is 1. The van der Waals surface area contributed by atoms with Crippen molar-refractivity contribution in [1.29, 1.82) is 0 Å². The van der Waals surface area contributed by atoms with Gasteiger partial charge in [-0.1, -0.05) is 6.42 Å². The van der Waals surface area contributed by atoms with Gasteiger partial charge < -0.3 is 5.32 Å². The van der Waals surface area contributed by atoms with Crippen molar-refractivity contribution in [2.45, 2.75) is 58.7 Å². The average Bonchev–Trinajstić information content (AvgIpc) is 2.72. The summed E-state index contributed by atoms with van der Waals surface area (Å²) >= 11 is 1.79. The molecule has 2 rings (SSSR count). The minimum Gasteiger partial charge on any atom is -0.362 e. The summed E-state index contributed by atoms with van der Waals surface area (Å²) in [7, 11) is 0. The van der Waals surface area contributed by atoms with Crippen LogP contribution in [0.5, 0.6) is 0 Å². The Labute approximate surface area is 108 Å². The molecule has 0 amide bonds. The van der Waals surface area contributed by atoms with Gasteiger partial charge in [-0.15, -0.1) is 11.3 Å². The molecule has 1 saturated heterocycles. The van der Waals surface area contributed by atoms with E-state index in [1.165, 1.54) is 24.1 Å². The second kappa shape index (κ2) is 5.83. The van der Waals surface area contributed by atoms with E-state index >= 15 is 0 Å². The van der Waals surface area contributed by atoms with E-state index in [1.54, 1.807) is 11.3 Å². The number of anilines is 1. The Morgan fingerprint density at radius 2 is 2.12 bits per heavy atom. The largest absolute Gasteiger partial charge is 0.362 e. The van der Waals surface area contributed by atoms with Gasteiger partial charge in [-0.2, -0.15) is 0 Å². The van der Waals surface area contributed by atoms with Gasteiger partial charge in [-0.05, 0) is 33.6 Å². The van der Waals surface area contributed by atoms with E-state index < -0.39 is 0 Å². The highest BCUT2D eigenvalue weighted by atomic mass is 32.1. The van der Waals surface area contributed by atoms with Crippen LogP contribution in [0.15, 0.2) is 6.20 Å². The Kier molecular flexibility index (Phi) is 4.40. The van der Waals surface area contributed by atoms with E-state index in [0.29, 0.717) is 12.1 Å². The lowest BCUT2D eigenvalue weighted by atomic mass is 9.97. The van der Waals surface area contributed by atoms with Crippen LogP contribution in [-0.4, -0.2) is 28.5 Å².